The number of carbonyl (C=O) groups excluding carboxylic acids is 1. The first-order chi connectivity index (χ1) is 8.74. The molecule has 2 heterocycles. The van der Waals surface area contributed by atoms with E-state index < -0.39 is 0 Å². The highest BCUT2D eigenvalue weighted by Gasteiger charge is 2.36. The molecule has 5 heteroatoms. The van der Waals surface area contributed by atoms with Crippen molar-refractivity contribution in [3.05, 3.63) is 24.8 Å². The molecule has 0 radical (unpaired) electrons. The molecule has 1 aliphatic heterocycles. The Labute approximate surface area is 106 Å². The van der Waals surface area contributed by atoms with Crippen LogP contribution in [0.4, 0.5) is 0 Å². The van der Waals surface area contributed by atoms with Gasteiger partial charge in [-0.3, -0.25) is 4.79 Å². The maximum Gasteiger partial charge on any atom is 0.225 e. The molecule has 0 spiro atoms. The van der Waals surface area contributed by atoms with Crippen molar-refractivity contribution in [2.24, 2.45) is 5.92 Å². The zero-order valence-electron chi connectivity index (χ0n) is 10.5. The van der Waals surface area contributed by atoms with E-state index in [1.165, 1.54) is 11.9 Å². The average molecular weight is 246 g/mol. The van der Waals surface area contributed by atoms with E-state index in [2.05, 4.69) is 16.7 Å². The molecule has 2 aliphatic rings. The van der Waals surface area contributed by atoms with Gasteiger partial charge in [-0.25, -0.2) is 9.67 Å². The van der Waals surface area contributed by atoms with Crippen LogP contribution in [-0.2, 0) is 4.79 Å². The third-order valence-corrected chi connectivity index (χ3v) is 4.03. The van der Waals surface area contributed by atoms with Gasteiger partial charge in [-0.15, -0.1) is 0 Å². The molecule has 0 aromatic carbocycles. The van der Waals surface area contributed by atoms with Gasteiger partial charge in [0.25, 0.3) is 0 Å². The topological polar surface area (TPSA) is 51.0 Å². The molecule has 3 rings (SSSR count). The fourth-order valence-corrected chi connectivity index (χ4v) is 2.74. The number of amides is 1. The molecule has 0 atom stereocenters. The Morgan fingerprint density at radius 3 is 2.67 bits per heavy atom. The minimum atomic E-state index is 0.215. The number of hydrogen-bond donors (Lipinski definition) is 0. The van der Waals surface area contributed by atoms with Gasteiger partial charge < -0.3 is 4.90 Å². The Kier molecular flexibility index (Phi) is 2.89. The molecule has 1 amide bonds. The van der Waals surface area contributed by atoms with Crippen molar-refractivity contribution >= 4 is 5.91 Å². The van der Waals surface area contributed by atoms with Crippen molar-refractivity contribution in [1.29, 1.82) is 0 Å². The van der Waals surface area contributed by atoms with Gasteiger partial charge in [-0.1, -0.05) is 12.2 Å². The normalized spacial score (nSPS) is 22.0. The Bertz CT molecular complexity index is 438. The highest BCUT2D eigenvalue weighted by Crippen LogP contribution is 2.31. The summed E-state index contributed by atoms with van der Waals surface area (Å²) in [5.74, 6) is 0.533. The lowest BCUT2D eigenvalue weighted by atomic mass is 9.85. The van der Waals surface area contributed by atoms with Crippen molar-refractivity contribution in [1.82, 2.24) is 19.7 Å². The third kappa shape index (κ3) is 2.05. The second-order valence-electron chi connectivity index (χ2n) is 5.30. The molecule has 2 fully saturated rings. The lowest BCUT2D eigenvalue weighted by Gasteiger charge is -2.41. The fourth-order valence-electron chi connectivity index (χ4n) is 2.74. The van der Waals surface area contributed by atoms with E-state index in [4.69, 9.17) is 0 Å². The van der Waals surface area contributed by atoms with E-state index in [1.807, 2.05) is 9.58 Å². The smallest absolute Gasteiger partial charge is 0.225 e. The molecule has 96 valence electrons. The summed E-state index contributed by atoms with van der Waals surface area (Å²) in [6.45, 7) is 5.54. The molecule has 1 saturated carbocycles. The molecule has 0 unspecified atom stereocenters. The van der Waals surface area contributed by atoms with Crippen LogP contribution in [0.1, 0.15) is 31.7 Å². The first-order valence-electron chi connectivity index (χ1n) is 6.53. The Hall–Kier alpha value is -1.65. The van der Waals surface area contributed by atoms with Crippen LogP contribution in [0, 0.1) is 5.92 Å². The van der Waals surface area contributed by atoms with Crippen molar-refractivity contribution in [2.75, 3.05) is 13.1 Å². The number of aromatic nitrogens is 3. The van der Waals surface area contributed by atoms with Crippen molar-refractivity contribution in [3.63, 3.8) is 0 Å². The number of carbonyl (C=O) groups is 1. The summed E-state index contributed by atoms with van der Waals surface area (Å²) in [5, 5.41) is 4.11. The second-order valence-corrected chi connectivity index (χ2v) is 5.30. The fraction of sp³-hybridized carbons (Fsp3) is 0.615. The number of hydrogen-bond acceptors (Lipinski definition) is 3. The van der Waals surface area contributed by atoms with Gasteiger partial charge in [0.15, 0.2) is 0 Å². The second kappa shape index (κ2) is 4.55. The Morgan fingerprint density at radius 1 is 1.33 bits per heavy atom. The van der Waals surface area contributed by atoms with Crippen molar-refractivity contribution in [2.45, 2.75) is 31.7 Å². The standard InChI is InChI=1S/C13H18N4O/c1-10-2-4-11(5-3-10)13(18)16-6-12(7-16)17-9-14-8-15-17/h8-9,11-12H,1-7H2. The number of allylic oxidation sites excluding steroid dienone is 1. The summed E-state index contributed by atoms with van der Waals surface area (Å²) in [6.07, 6.45) is 7.23. The van der Waals surface area contributed by atoms with Crippen molar-refractivity contribution < 1.29 is 4.79 Å². The summed E-state index contributed by atoms with van der Waals surface area (Å²) < 4.78 is 1.84. The van der Waals surface area contributed by atoms with Crippen LogP contribution in [0.25, 0.3) is 0 Å². The summed E-state index contributed by atoms with van der Waals surface area (Å²) in [4.78, 5) is 18.1. The molecule has 5 nitrogen and oxygen atoms in total. The van der Waals surface area contributed by atoms with Crippen LogP contribution >= 0.6 is 0 Å². The van der Waals surface area contributed by atoms with Gasteiger partial charge in [-0.05, 0) is 25.7 Å². The summed E-state index contributed by atoms with van der Waals surface area (Å²) in [7, 11) is 0. The zero-order valence-corrected chi connectivity index (χ0v) is 10.5. The van der Waals surface area contributed by atoms with Crippen LogP contribution in [0.3, 0.4) is 0 Å². The lowest BCUT2D eigenvalue weighted by Crippen LogP contribution is -2.53. The molecule has 1 aliphatic carbocycles. The molecule has 0 N–H and O–H groups in total. The number of rotatable bonds is 2. The highest BCUT2D eigenvalue weighted by molar-refractivity contribution is 5.79. The quantitative estimate of drug-likeness (QED) is 0.741. The van der Waals surface area contributed by atoms with Gasteiger partial charge in [0.05, 0.1) is 6.04 Å². The molecule has 18 heavy (non-hydrogen) atoms. The van der Waals surface area contributed by atoms with E-state index in [0.717, 1.165) is 38.8 Å². The van der Waals surface area contributed by atoms with Gasteiger partial charge in [0.1, 0.15) is 12.7 Å². The first kappa shape index (κ1) is 11.4. The van der Waals surface area contributed by atoms with E-state index in [0.29, 0.717) is 11.9 Å². The maximum absolute atomic E-state index is 12.3. The van der Waals surface area contributed by atoms with Crippen LogP contribution in [-0.4, -0.2) is 38.7 Å². The van der Waals surface area contributed by atoms with Crippen molar-refractivity contribution in [3.8, 4) is 0 Å². The van der Waals surface area contributed by atoms with Crippen LogP contribution < -0.4 is 0 Å². The van der Waals surface area contributed by atoms with E-state index in [1.54, 1.807) is 6.33 Å². The predicted octanol–water partition coefficient (Wildman–Crippen LogP) is 1.41. The first-order valence-corrected chi connectivity index (χ1v) is 6.53. The van der Waals surface area contributed by atoms with E-state index in [-0.39, 0.29) is 5.92 Å². The molecule has 1 aromatic rings. The predicted molar refractivity (Wildman–Crippen MR) is 66.7 cm³/mol. The van der Waals surface area contributed by atoms with E-state index >= 15 is 0 Å². The Balaban J connectivity index is 1.52. The lowest BCUT2D eigenvalue weighted by molar-refractivity contribution is -0.142. The van der Waals surface area contributed by atoms with Crippen LogP contribution in [0.2, 0.25) is 0 Å². The van der Waals surface area contributed by atoms with E-state index in [9.17, 15) is 4.79 Å². The van der Waals surface area contributed by atoms with Gasteiger partial charge >= 0.3 is 0 Å². The van der Waals surface area contributed by atoms with Crippen LogP contribution in [0.15, 0.2) is 24.8 Å². The monoisotopic (exact) mass is 246 g/mol. The Morgan fingerprint density at radius 2 is 2.06 bits per heavy atom. The number of nitrogens with zero attached hydrogens (tertiary/aromatic N) is 4. The molecular weight excluding hydrogens is 228 g/mol. The molecule has 0 bridgehead atoms. The average Bonchev–Trinajstić information content (AvgIpc) is 2.81. The summed E-state index contributed by atoms with van der Waals surface area (Å²) in [5.41, 5.74) is 1.29. The maximum atomic E-state index is 12.3. The number of likely N-dealkylation sites (tertiary alicyclic amines) is 1. The van der Waals surface area contributed by atoms with Gasteiger partial charge in [0.2, 0.25) is 5.91 Å². The SMILES string of the molecule is C=C1CCC(C(=O)N2CC(n3cncn3)C2)CC1. The molecular formula is C13H18N4O. The zero-order chi connectivity index (χ0) is 12.5. The minimum Gasteiger partial charge on any atom is -0.338 e. The third-order valence-electron chi connectivity index (χ3n) is 4.03. The van der Waals surface area contributed by atoms with Crippen LogP contribution in [0.5, 0.6) is 0 Å². The summed E-state index contributed by atoms with van der Waals surface area (Å²) in [6, 6.07) is 0.315. The highest BCUT2D eigenvalue weighted by atomic mass is 16.2. The summed E-state index contributed by atoms with van der Waals surface area (Å²) >= 11 is 0. The van der Waals surface area contributed by atoms with Gasteiger partial charge in [-0.2, -0.15) is 5.10 Å². The molecule has 1 aromatic heterocycles. The van der Waals surface area contributed by atoms with Gasteiger partial charge in [0, 0.05) is 19.0 Å². The minimum absolute atomic E-state index is 0.215. The molecule has 1 saturated heterocycles. The largest absolute Gasteiger partial charge is 0.338 e.